The van der Waals surface area contributed by atoms with E-state index in [0.717, 1.165) is 44.4 Å². The molecule has 0 aromatic heterocycles. The molecule has 0 radical (unpaired) electrons. The first kappa shape index (κ1) is 13.7. The van der Waals surface area contributed by atoms with Gasteiger partial charge < -0.3 is 9.64 Å². The number of benzene rings is 1. The molecule has 4 heteroatoms. The van der Waals surface area contributed by atoms with Gasteiger partial charge in [0.25, 0.3) is 0 Å². The SMILES string of the molecule is COCCN1CCN(c2cccc(Cl)c2C)CC1. The maximum atomic E-state index is 6.18. The van der Waals surface area contributed by atoms with Gasteiger partial charge in [0.05, 0.1) is 6.61 Å². The van der Waals surface area contributed by atoms with E-state index in [1.54, 1.807) is 7.11 Å². The molecular weight excluding hydrogens is 248 g/mol. The zero-order valence-corrected chi connectivity index (χ0v) is 11.9. The molecule has 0 unspecified atom stereocenters. The summed E-state index contributed by atoms with van der Waals surface area (Å²) in [5.74, 6) is 0. The van der Waals surface area contributed by atoms with Crippen LogP contribution in [0.3, 0.4) is 0 Å². The largest absolute Gasteiger partial charge is 0.383 e. The van der Waals surface area contributed by atoms with Crippen LogP contribution in [0.15, 0.2) is 18.2 Å². The van der Waals surface area contributed by atoms with Crippen LogP contribution in [0.25, 0.3) is 0 Å². The Labute approximate surface area is 114 Å². The molecule has 3 nitrogen and oxygen atoms in total. The molecule has 0 atom stereocenters. The van der Waals surface area contributed by atoms with Crippen LogP contribution < -0.4 is 4.90 Å². The Morgan fingerprint density at radius 1 is 1.22 bits per heavy atom. The second kappa shape index (κ2) is 6.41. The third-order valence-corrected chi connectivity index (χ3v) is 3.97. The van der Waals surface area contributed by atoms with Crippen molar-refractivity contribution in [2.75, 3.05) is 51.3 Å². The fourth-order valence-electron chi connectivity index (χ4n) is 2.37. The lowest BCUT2D eigenvalue weighted by Crippen LogP contribution is -2.47. The van der Waals surface area contributed by atoms with Gasteiger partial charge in [0.15, 0.2) is 0 Å². The maximum absolute atomic E-state index is 6.18. The van der Waals surface area contributed by atoms with Gasteiger partial charge in [-0.1, -0.05) is 17.7 Å². The maximum Gasteiger partial charge on any atom is 0.0589 e. The van der Waals surface area contributed by atoms with E-state index in [9.17, 15) is 0 Å². The van der Waals surface area contributed by atoms with Crippen LogP contribution in [0.2, 0.25) is 5.02 Å². The number of hydrogen-bond acceptors (Lipinski definition) is 3. The van der Waals surface area contributed by atoms with Crippen LogP contribution in [-0.4, -0.2) is 51.3 Å². The van der Waals surface area contributed by atoms with Gasteiger partial charge in [-0.15, -0.1) is 0 Å². The van der Waals surface area contributed by atoms with Crippen molar-refractivity contribution in [3.63, 3.8) is 0 Å². The highest BCUT2D eigenvalue weighted by Crippen LogP contribution is 2.27. The molecule has 1 heterocycles. The van der Waals surface area contributed by atoms with E-state index in [2.05, 4.69) is 22.8 Å². The standard InChI is InChI=1S/C14H21ClN2O/c1-12-13(15)4-3-5-14(12)17-8-6-16(7-9-17)10-11-18-2/h3-5H,6-11H2,1-2H3. The predicted molar refractivity (Wildman–Crippen MR) is 76.7 cm³/mol. The van der Waals surface area contributed by atoms with Crippen molar-refractivity contribution in [3.05, 3.63) is 28.8 Å². The summed E-state index contributed by atoms with van der Waals surface area (Å²) in [6.45, 7) is 8.24. The van der Waals surface area contributed by atoms with Gasteiger partial charge in [-0.2, -0.15) is 0 Å². The minimum absolute atomic E-state index is 0.816. The smallest absolute Gasteiger partial charge is 0.0589 e. The minimum atomic E-state index is 0.816. The fourth-order valence-corrected chi connectivity index (χ4v) is 2.54. The average molecular weight is 269 g/mol. The zero-order valence-electron chi connectivity index (χ0n) is 11.2. The molecule has 1 aliphatic heterocycles. The second-order valence-electron chi connectivity index (χ2n) is 4.71. The van der Waals surface area contributed by atoms with Crippen molar-refractivity contribution in [2.24, 2.45) is 0 Å². The van der Waals surface area contributed by atoms with E-state index in [1.165, 1.54) is 11.3 Å². The fraction of sp³-hybridized carbons (Fsp3) is 0.571. The number of halogens is 1. The highest BCUT2D eigenvalue weighted by Gasteiger charge is 2.18. The number of piperazine rings is 1. The molecule has 0 aliphatic carbocycles. The van der Waals surface area contributed by atoms with E-state index < -0.39 is 0 Å². The first-order chi connectivity index (χ1) is 8.72. The molecule has 0 spiro atoms. The highest BCUT2D eigenvalue weighted by atomic mass is 35.5. The normalized spacial score (nSPS) is 17.2. The molecule has 2 rings (SSSR count). The number of hydrogen-bond donors (Lipinski definition) is 0. The summed E-state index contributed by atoms with van der Waals surface area (Å²) in [6.07, 6.45) is 0. The average Bonchev–Trinajstić information content (AvgIpc) is 2.40. The Morgan fingerprint density at radius 3 is 2.61 bits per heavy atom. The molecule has 1 aromatic rings. The lowest BCUT2D eigenvalue weighted by molar-refractivity contribution is 0.144. The quantitative estimate of drug-likeness (QED) is 0.834. The molecule has 1 saturated heterocycles. The summed E-state index contributed by atoms with van der Waals surface area (Å²) < 4.78 is 5.12. The van der Waals surface area contributed by atoms with Crippen LogP contribution in [0.5, 0.6) is 0 Å². The third kappa shape index (κ3) is 3.16. The summed E-state index contributed by atoms with van der Waals surface area (Å²) in [4.78, 5) is 4.87. The van der Waals surface area contributed by atoms with E-state index in [4.69, 9.17) is 16.3 Å². The second-order valence-corrected chi connectivity index (χ2v) is 5.11. The Hall–Kier alpha value is -0.770. The van der Waals surface area contributed by atoms with Crippen molar-refractivity contribution in [1.29, 1.82) is 0 Å². The van der Waals surface area contributed by atoms with E-state index in [0.29, 0.717) is 0 Å². The van der Waals surface area contributed by atoms with Gasteiger partial charge in [0, 0.05) is 50.5 Å². The third-order valence-electron chi connectivity index (χ3n) is 3.56. The van der Waals surface area contributed by atoms with Crippen molar-refractivity contribution in [3.8, 4) is 0 Å². The molecule has 0 bridgehead atoms. The molecule has 0 saturated carbocycles. The number of rotatable bonds is 4. The molecule has 18 heavy (non-hydrogen) atoms. The van der Waals surface area contributed by atoms with Gasteiger partial charge in [0.2, 0.25) is 0 Å². The van der Waals surface area contributed by atoms with Gasteiger partial charge >= 0.3 is 0 Å². The summed E-state index contributed by atoms with van der Waals surface area (Å²) in [7, 11) is 1.76. The molecular formula is C14H21ClN2O. The Kier molecular flexibility index (Phi) is 4.87. The van der Waals surface area contributed by atoms with Crippen LogP contribution in [-0.2, 0) is 4.74 Å². The van der Waals surface area contributed by atoms with Crippen molar-refractivity contribution in [1.82, 2.24) is 4.90 Å². The number of methoxy groups -OCH3 is 1. The topological polar surface area (TPSA) is 15.7 Å². The first-order valence-corrected chi connectivity index (χ1v) is 6.81. The van der Waals surface area contributed by atoms with E-state index >= 15 is 0 Å². The van der Waals surface area contributed by atoms with Gasteiger partial charge in [0.1, 0.15) is 0 Å². The van der Waals surface area contributed by atoms with Crippen molar-refractivity contribution >= 4 is 17.3 Å². The summed E-state index contributed by atoms with van der Waals surface area (Å²) in [5.41, 5.74) is 2.46. The number of nitrogens with zero attached hydrogens (tertiary/aromatic N) is 2. The number of anilines is 1. The Balaban J connectivity index is 1.95. The summed E-state index contributed by atoms with van der Waals surface area (Å²) >= 11 is 6.18. The van der Waals surface area contributed by atoms with Crippen LogP contribution >= 0.6 is 11.6 Å². The first-order valence-electron chi connectivity index (χ1n) is 6.43. The molecule has 1 fully saturated rings. The monoisotopic (exact) mass is 268 g/mol. The summed E-state index contributed by atoms with van der Waals surface area (Å²) in [5, 5.41) is 0.856. The molecule has 0 N–H and O–H groups in total. The molecule has 1 aliphatic rings. The Morgan fingerprint density at radius 2 is 1.94 bits per heavy atom. The lowest BCUT2D eigenvalue weighted by Gasteiger charge is -2.36. The van der Waals surface area contributed by atoms with E-state index in [1.807, 2.05) is 12.1 Å². The van der Waals surface area contributed by atoms with E-state index in [-0.39, 0.29) is 0 Å². The summed E-state index contributed by atoms with van der Waals surface area (Å²) in [6, 6.07) is 6.14. The van der Waals surface area contributed by atoms with Gasteiger partial charge in [-0.3, -0.25) is 4.90 Å². The van der Waals surface area contributed by atoms with Crippen molar-refractivity contribution < 1.29 is 4.74 Å². The highest BCUT2D eigenvalue weighted by molar-refractivity contribution is 6.31. The zero-order chi connectivity index (χ0) is 13.0. The number of ether oxygens (including phenoxy) is 1. The minimum Gasteiger partial charge on any atom is -0.383 e. The van der Waals surface area contributed by atoms with Crippen LogP contribution in [0.4, 0.5) is 5.69 Å². The molecule has 1 aromatic carbocycles. The van der Waals surface area contributed by atoms with Crippen LogP contribution in [0, 0.1) is 6.92 Å². The lowest BCUT2D eigenvalue weighted by atomic mass is 10.1. The van der Waals surface area contributed by atoms with Gasteiger partial charge in [-0.25, -0.2) is 0 Å². The Bertz CT molecular complexity index is 389. The molecule has 100 valence electrons. The predicted octanol–water partition coefficient (Wildman–Crippen LogP) is 2.42. The van der Waals surface area contributed by atoms with Gasteiger partial charge in [-0.05, 0) is 24.6 Å². The molecule has 0 amide bonds. The van der Waals surface area contributed by atoms with Crippen LogP contribution in [0.1, 0.15) is 5.56 Å². The van der Waals surface area contributed by atoms with Crippen molar-refractivity contribution in [2.45, 2.75) is 6.92 Å².